The van der Waals surface area contributed by atoms with Gasteiger partial charge >= 0.3 is 5.97 Å². The van der Waals surface area contributed by atoms with Crippen LogP contribution >= 0.6 is 11.8 Å². The fourth-order valence-electron chi connectivity index (χ4n) is 4.41. The Morgan fingerprint density at radius 3 is 2.67 bits per heavy atom. The van der Waals surface area contributed by atoms with Gasteiger partial charge in [0.2, 0.25) is 17.7 Å². The predicted molar refractivity (Wildman–Crippen MR) is 123 cm³/mol. The summed E-state index contributed by atoms with van der Waals surface area (Å²) in [6.45, 7) is 5.00. The summed E-state index contributed by atoms with van der Waals surface area (Å²) in [6.07, 6.45) is 0.626. The number of amides is 3. The number of β-lactam (4-membered cyclic amide) rings is 1. The lowest BCUT2D eigenvalue weighted by molar-refractivity contribution is -0.161. The van der Waals surface area contributed by atoms with Gasteiger partial charge in [-0.2, -0.15) is 0 Å². The topological polar surface area (TPSA) is 140 Å². The molecular weight excluding hydrogens is 446 g/mol. The minimum absolute atomic E-state index is 0.172. The lowest BCUT2D eigenvalue weighted by Crippen LogP contribution is -2.71. The molecule has 0 radical (unpaired) electrons. The number of rotatable bonds is 8. The molecule has 2 fully saturated rings. The van der Waals surface area contributed by atoms with E-state index in [1.807, 2.05) is 0 Å². The highest BCUT2D eigenvalue weighted by molar-refractivity contribution is 8.01. The average Bonchev–Trinajstić information content (AvgIpc) is 3.38. The van der Waals surface area contributed by atoms with Gasteiger partial charge in [-0.3, -0.25) is 19.4 Å². The van der Waals surface area contributed by atoms with E-state index in [1.54, 1.807) is 44.2 Å². The third-order valence-corrected chi connectivity index (χ3v) is 7.58. The number of benzene rings is 1. The van der Waals surface area contributed by atoms with E-state index in [0.717, 1.165) is 12.4 Å². The van der Waals surface area contributed by atoms with E-state index >= 15 is 0 Å². The van der Waals surface area contributed by atoms with Crippen LogP contribution in [-0.2, 0) is 19.2 Å². The van der Waals surface area contributed by atoms with E-state index in [4.69, 9.17) is 0 Å². The van der Waals surface area contributed by atoms with E-state index in [9.17, 15) is 24.3 Å². The highest BCUT2D eigenvalue weighted by Gasteiger charge is 2.64. The zero-order valence-electron chi connectivity index (χ0n) is 18.4. The summed E-state index contributed by atoms with van der Waals surface area (Å²) in [5.41, 5.74) is 0.589. The van der Waals surface area contributed by atoms with Crippen LogP contribution in [0.5, 0.6) is 0 Å². The van der Waals surface area contributed by atoms with Crippen LogP contribution in [0.3, 0.4) is 0 Å². The van der Waals surface area contributed by atoms with E-state index in [2.05, 4.69) is 20.9 Å². The van der Waals surface area contributed by atoms with Crippen molar-refractivity contribution < 1.29 is 24.3 Å². The number of aliphatic imine (C=N–C) groups is 1. The summed E-state index contributed by atoms with van der Waals surface area (Å²) in [5.74, 6) is -1.54. The Balaban J connectivity index is 1.44. The van der Waals surface area contributed by atoms with Crippen LogP contribution < -0.4 is 16.0 Å². The number of hydrogen-bond donors (Lipinski definition) is 4. The molecule has 1 aromatic rings. The Labute approximate surface area is 195 Å². The lowest BCUT2D eigenvalue weighted by Gasteiger charge is -2.44. The molecule has 10 nitrogen and oxygen atoms in total. The van der Waals surface area contributed by atoms with Gasteiger partial charge in [0.15, 0.2) is 0 Å². The molecule has 11 heteroatoms. The van der Waals surface area contributed by atoms with Crippen molar-refractivity contribution in [3.8, 4) is 0 Å². The molecule has 0 aromatic heterocycles. The number of hydrogen-bond acceptors (Lipinski definition) is 7. The van der Waals surface area contributed by atoms with Crippen LogP contribution in [-0.4, -0.2) is 74.8 Å². The van der Waals surface area contributed by atoms with E-state index in [-0.39, 0.29) is 12.3 Å². The minimum atomic E-state index is -1.07. The van der Waals surface area contributed by atoms with Crippen LogP contribution in [0.15, 0.2) is 35.3 Å². The molecule has 0 spiro atoms. The zero-order valence-corrected chi connectivity index (χ0v) is 19.2. The number of amidine groups is 1. The second-order valence-electron chi connectivity index (χ2n) is 8.75. The Kier molecular flexibility index (Phi) is 6.33. The molecule has 3 aliphatic rings. The lowest BCUT2D eigenvalue weighted by atomic mass is 9.95. The standard InChI is InChI=1S/C22H27N5O5S/c1-22(2)17(21(31)32)27-19(30)16(20(27)33-22)26-18(29)15(12-6-4-3-5-7-12)25-14(28)9-8-13-23-10-11-24-13/h3-7,15-17,20H,8-11H2,1-2H3,(H,23,24)(H,25,28)(H,26,29)(H,31,32)/t15?,16-,17+,20-/m1/s1. The summed E-state index contributed by atoms with van der Waals surface area (Å²) < 4.78 is -0.685. The Hall–Kier alpha value is -3.08. The van der Waals surface area contributed by atoms with Crippen molar-refractivity contribution in [3.05, 3.63) is 35.9 Å². The molecule has 0 aliphatic carbocycles. The molecule has 3 amide bonds. The maximum Gasteiger partial charge on any atom is 0.327 e. The van der Waals surface area contributed by atoms with Crippen molar-refractivity contribution in [3.63, 3.8) is 0 Å². The van der Waals surface area contributed by atoms with E-state index < -0.39 is 46.0 Å². The molecule has 176 valence electrons. The van der Waals surface area contributed by atoms with Gasteiger partial charge in [-0.1, -0.05) is 30.3 Å². The van der Waals surface area contributed by atoms with Crippen LogP contribution in [0.4, 0.5) is 0 Å². The molecule has 1 aromatic carbocycles. The van der Waals surface area contributed by atoms with Crippen molar-refractivity contribution in [1.29, 1.82) is 0 Å². The van der Waals surface area contributed by atoms with E-state index in [0.29, 0.717) is 18.5 Å². The minimum Gasteiger partial charge on any atom is -0.480 e. The third-order valence-electron chi connectivity index (χ3n) is 6.01. The first kappa shape index (κ1) is 23.1. The first-order chi connectivity index (χ1) is 15.7. The van der Waals surface area contributed by atoms with Gasteiger partial charge in [-0.05, 0) is 19.4 Å². The SMILES string of the molecule is CC1(C)S[C@@H]2[C@H](NC(=O)C(NC(=O)CCC3=NCCN3)c3ccccc3)C(=O)N2[C@H]1C(=O)O. The monoisotopic (exact) mass is 473 g/mol. The van der Waals surface area contributed by atoms with Crippen LogP contribution in [0.25, 0.3) is 0 Å². The summed E-state index contributed by atoms with van der Waals surface area (Å²) >= 11 is 1.35. The summed E-state index contributed by atoms with van der Waals surface area (Å²) in [6, 6.07) is 6.03. The molecule has 1 unspecified atom stereocenters. The van der Waals surface area contributed by atoms with Crippen LogP contribution in [0.2, 0.25) is 0 Å². The highest BCUT2D eigenvalue weighted by Crippen LogP contribution is 2.50. The Bertz CT molecular complexity index is 998. The van der Waals surface area contributed by atoms with Gasteiger partial charge in [0.05, 0.1) is 12.4 Å². The van der Waals surface area contributed by atoms with Crippen molar-refractivity contribution in [1.82, 2.24) is 20.9 Å². The molecule has 4 rings (SSSR count). The molecule has 3 heterocycles. The van der Waals surface area contributed by atoms with Gasteiger partial charge in [0, 0.05) is 24.1 Å². The van der Waals surface area contributed by atoms with Crippen molar-refractivity contribution >= 4 is 41.3 Å². The van der Waals surface area contributed by atoms with Crippen LogP contribution in [0.1, 0.15) is 38.3 Å². The largest absolute Gasteiger partial charge is 0.480 e. The number of carboxylic acid groups (broad SMARTS) is 1. The second kappa shape index (κ2) is 9.05. The number of aliphatic carboxylic acids is 1. The number of carboxylic acids is 1. The van der Waals surface area contributed by atoms with Gasteiger partial charge in [-0.15, -0.1) is 11.8 Å². The Morgan fingerprint density at radius 1 is 1.30 bits per heavy atom. The molecule has 33 heavy (non-hydrogen) atoms. The number of nitrogens with one attached hydrogen (secondary N) is 3. The molecule has 0 bridgehead atoms. The van der Waals surface area contributed by atoms with Crippen molar-refractivity contribution in [2.24, 2.45) is 4.99 Å². The fraction of sp³-hybridized carbons (Fsp3) is 0.500. The van der Waals surface area contributed by atoms with Gasteiger partial charge < -0.3 is 26.0 Å². The fourth-order valence-corrected chi connectivity index (χ4v) is 6.03. The number of carbonyl (C=O) groups is 4. The zero-order chi connectivity index (χ0) is 23.8. The summed E-state index contributed by atoms with van der Waals surface area (Å²) in [4.78, 5) is 55.8. The average molecular weight is 474 g/mol. The normalized spacial score (nSPS) is 25.9. The molecular formula is C22H27N5O5S. The molecule has 4 atom stereocenters. The Morgan fingerprint density at radius 2 is 2.03 bits per heavy atom. The maximum atomic E-state index is 13.2. The number of carbonyl (C=O) groups excluding carboxylic acids is 3. The van der Waals surface area contributed by atoms with Gasteiger partial charge in [-0.25, -0.2) is 4.79 Å². The van der Waals surface area contributed by atoms with E-state index in [1.165, 1.54) is 16.7 Å². The van der Waals surface area contributed by atoms with Crippen LogP contribution in [0, 0.1) is 0 Å². The smallest absolute Gasteiger partial charge is 0.327 e. The van der Waals surface area contributed by atoms with Crippen molar-refractivity contribution in [2.75, 3.05) is 13.1 Å². The third kappa shape index (κ3) is 4.54. The number of thioether (sulfide) groups is 1. The quantitative estimate of drug-likeness (QED) is 0.397. The number of fused-ring (bicyclic) bond motifs is 1. The molecule has 3 aliphatic heterocycles. The predicted octanol–water partition coefficient (Wildman–Crippen LogP) is 0.258. The molecule has 2 saturated heterocycles. The summed E-state index contributed by atoms with van der Waals surface area (Å²) in [5, 5.41) is 17.7. The second-order valence-corrected chi connectivity index (χ2v) is 10.5. The van der Waals surface area contributed by atoms with Gasteiger partial charge in [0.1, 0.15) is 23.5 Å². The number of nitrogens with zero attached hydrogens (tertiary/aromatic N) is 2. The first-order valence-electron chi connectivity index (χ1n) is 10.8. The maximum absolute atomic E-state index is 13.2. The highest BCUT2D eigenvalue weighted by atomic mass is 32.2. The van der Waals surface area contributed by atoms with Crippen molar-refractivity contribution in [2.45, 2.75) is 54.9 Å². The molecule has 0 saturated carbocycles. The molecule has 4 N–H and O–H groups in total. The van der Waals surface area contributed by atoms with Gasteiger partial charge in [0.25, 0.3) is 0 Å². The summed E-state index contributed by atoms with van der Waals surface area (Å²) in [7, 11) is 0. The first-order valence-corrected chi connectivity index (χ1v) is 11.7.